The Bertz CT molecular complexity index is 856. The van der Waals surface area contributed by atoms with Crippen molar-refractivity contribution in [2.45, 2.75) is 77.3 Å². The van der Waals surface area contributed by atoms with Gasteiger partial charge in [0.15, 0.2) is 8.32 Å². The van der Waals surface area contributed by atoms with Gasteiger partial charge in [0.2, 0.25) is 5.91 Å². The van der Waals surface area contributed by atoms with Crippen LogP contribution in [0.1, 0.15) is 46.6 Å². The van der Waals surface area contributed by atoms with Gasteiger partial charge >= 0.3 is 5.97 Å². The lowest BCUT2D eigenvalue weighted by atomic mass is 9.93. The van der Waals surface area contributed by atoms with Crippen LogP contribution in [0.15, 0.2) is 24.3 Å². The fourth-order valence-corrected chi connectivity index (χ4v) is 6.17. The van der Waals surface area contributed by atoms with Crippen molar-refractivity contribution in [2.24, 2.45) is 5.92 Å². The second kappa shape index (κ2) is 11.0. The van der Waals surface area contributed by atoms with Crippen molar-refractivity contribution in [3.8, 4) is 0 Å². The smallest absolute Gasteiger partial charge is 0.326 e. The number of amides is 1. The first-order chi connectivity index (χ1) is 15.3. The van der Waals surface area contributed by atoms with Crippen molar-refractivity contribution in [1.29, 1.82) is 0 Å². The van der Waals surface area contributed by atoms with Gasteiger partial charge < -0.3 is 14.1 Å². The lowest BCUT2D eigenvalue weighted by Gasteiger charge is -2.50. The highest BCUT2D eigenvalue weighted by Crippen LogP contribution is 2.43. The number of rotatable bonds is 11. The Morgan fingerprint density at radius 2 is 1.88 bits per heavy atom. The number of β-lactam (4-membered cyclic amide) rings is 1. The van der Waals surface area contributed by atoms with E-state index >= 15 is 0 Å². The molecule has 33 heavy (non-hydrogen) atoms. The van der Waals surface area contributed by atoms with Crippen LogP contribution in [0.3, 0.4) is 0 Å². The molecule has 10 heteroatoms. The van der Waals surface area contributed by atoms with Crippen LogP contribution in [-0.4, -0.2) is 53.8 Å². The predicted octanol–water partition coefficient (Wildman–Crippen LogP) is 4.98. The summed E-state index contributed by atoms with van der Waals surface area (Å²) in [7, 11) is -2.03. The number of nitrogens with zero attached hydrogens (tertiary/aromatic N) is 2. The summed E-state index contributed by atoms with van der Waals surface area (Å²) >= 11 is 1.67. The molecule has 0 N–H and O–H groups in total. The molecule has 1 saturated heterocycles. The number of hydrogen-bond donors (Lipinski definition) is 0. The van der Waals surface area contributed by atoms with E-state index in [-0.39, 0.29) is 47.2 Å². The van der Waals surface area contributed by atoms with Gasteiger partial charge in [-0.15, -0.1) is 11.8 Å². The Morgan fingerprint density at radius 3 is 2.39 bits per heavy atom. The molecular formula is C23H36N2O6SSi. The van der Waals surface area contributed by atoms with Gasteiger partial charge in [-0.1, -0.05) is 27.7 Å². The second-order valence-corrected chi connectivity index (χ2v) is 15.9. The van der Waals surface area contributed by atoms with Crippen molar-refractivity contribution in [2.75, 3.05) is 12.3 Å². The third kappa shape index (κ3) is 6.80. The topological polar surface area (TPSA) is 99.0 Å². The Hall–Kier alpha value is -1.91. The Labute approximate surface area is 201 Å². The molecule has 1 amide bonds. The minimum absolute atomic E-state index is 0.0000574. The van der Waals surface area contributed by atoms with E-state index in [0.29, 0.717) is 5.56 Å². The first-order valence-electron chi connectivity index (χ1n) is 11.3. The molecule has 0 bridgehead atoms. The number of nitro benzene ring substituents is 1. The molecule has 1 aliphatic heterocycles. The van der Waals surface area contributed by atoms with Crippen molar-refractivity contribution in [1.82, 2.24) is 4.90 Å². The average Bonchev–Trinajstić information content (AvgIpc) is 2.72. The SMILES string of the molecule is CCCSC1C([C@@H](C)O[Si](C)(C)C(C)(C)C)C(=O)N1CC(=O)OCc1ccc([N+](=O)[O-])cc1. The van der Waals surface area contributed by atoms with Crippen LogP contribution in [0.4, 0.5) is 5.69 Å². The number of benzene rings is 1. The van der Waals surface area contributed by atoms with E-state index in [1.54, 1.807) is 28.8 Å². The van der Waals surface area contributed by atoms with Gasteiger partial charge in [0.05, 0.1) is 22.3 Å². The fraction of sp³-hybridized carbons (Fsp3) is 0.652. The zero-order valence-electron chi connectivity index (χ0n) is 20.6. The van der Waals surface area contributed by atoms with Crippen LogP contribution in [0.5, 0.6) is 0 Å². The molecular weight excluding hydrogens is 460 g/mol. The van der Waals surface area contributed by atoms with E-state index in [4.69, 9.17) is 9.16 Å². The summed E-state index contributed by atoms with van der Waals surface area (Å²) in [5, 5.41) is 10.7. The highest BCUT2D eigenvalue weighted by atomic mass is 32.2. The van der Waals surface area contributed by atoms with Gasteiger partial charge in [-0.2, -0.15) is 0 Å². The van der Waals surface area contributed by atoms with Gasteiger partial charge in [0.25, 0.3) is 5.69 Å². The number of thioether (sulfide) groups is 1. The Kier molecular flexibility index (Phi) is 9.12. The summed E-state index contributed by atoms with van der Waals surface area (Å²) in [6.45, 7) is 14.8. The van der Waals surface area contributed by atoms with Crippen LogP contribution in [0.25, 0.3) is 0 Å². The van der Waals surface area contributed by atoms with Crippen LogP contribution >= 0.6 is 11.8 Å². The highest BCUT2D eigenvalue weighted by molar-refractivity contribution is 8.00. The van der Waals surface area contributed by atoms with Crippen molar-refractivity contribution in [3.05, 3.63) is 39.9 Å². The van der Waals surface area contributed by atoms with Crippen LogP contribution in [0, 0.1) is 16.0 Å². The maximum Gasteiger partial charge on any atom is 0.326 e. The normalized spacial score (nSPS) is 19.7. The number of hydrogen-bond acceptors (Lipinski definition) is 7. The number of carbonyl (C=O) groups excluding carboxylic acids is 2. The number of non-ortho nitro benzene ring substituents is 1. The molecule has 1 aliphatic rings. The van der Waals surface area contributed by atoms with Gasteiger partial charge in [-0.05, 0) is 54.9 Å². The van der Waals surface area contributed by atoms with Gasteiger partial charge in [-0.25, -0.2) is 0 Å². The van der Waals surface area contributed by atoms with Gasteiger partial charge in [0.1, 0.15) is 13.2 Å². The molecule has 0 aromatic heterocycles. The highest BCUT2D eigenvalue weighted by Gasteiger charge is 2.53. The first kappa shape index (κ1) is 27.3. The molecule has 0 aliphatic carbocycles. The molecule has 0 radical (unpaired) electrons. The van der Waals surface area contributed by atoms with E-state index in [9.17, 15) is 19.7 Å². The lowest BCUT2D eigenvalue weighted by molar-refractivity contribution is -0.384. The van der Waals surface area contributed by atoms with E-state index in [0.717, 1.165) is 12.2 Å². The summed E-state index contributed by atoms with van der Waals surface area (Å²) in [5.74, 6) is 0.0238. The van der Waals surface area contributed by atoms with Gasteiger partial charge in [0, 0.05) is 12.1 Å². The van der Waals surface area contributed by atoms with Crippen molar-refractivity contribution < 1.29 is 23.7 Å². The monoisotopic (exact) mass is 496 g/mol. The molecule has 1 fully saturated rings. The Balaban J connectivity index is 1.98. The molecule has 1 aromatic carbocycles. The number of esters is 1. The van der Waals surface area contributed by atoms with E-state index in [1.165, 1.54) is 12.1 Å². The zero-order valence-corrected chi connectivity index (χ0v) is 22.4. The lowest BCUT2D eigenvalue weighted by Crippen LogP contribution is -2.65. The second-order valence-electron chi connectivity index (χ2n) is 9.92. The third-order valence-corrected chi connectivity index (χ3v) is 12.4. The largest absolute Gasteiger partial charge is 0.459 e. The zero-order chi connectivity index (χ0) is 25.0. The molecule has 8 nitrogen and oxygen atoms in total. The van der Waals surface area contributed by atoms with Crippen LogP contribution in [-0.2, 0) is 25.4 Å². The number of nitro groups is 1. The molecule has 2 rings (SSSR count). The van der Waals surface area contributed by atoms with Gasteiger partial charge in [-0.3, -0.25) is 19.7 Å². The first-order valence-corrected chi connectivity index (χ1v) is 15.2. The summed E-state index contributed by atoms with van der Waals surface area (Å²) in [5.41, 5.74) is 0.627. The maximum absolute atomic E-state index is 13.0. The fourth-order valence-electron chi connectivity index (χ4n) is 3.36. The summed E-state index contributed by atoms with van der Waals surface area (Å²) < 4.78 is 11.8. The molecule has 1 heterocycles. The minimum atomic E-state index is -2.03. The van der Waals surface area contributed by atoms with Crippen molar-refractivity contribution >= 4 is 37.6 Å². The molecule has 2 unspecified atom stereocenters. The van der Waals surface area contributed by atoms with Crippen molar-refractivity contribution in [3.63, 3.8) is 0 Å². The average molecular weight is 497 g/mol. The molecule has 3 atom stereocenters. The Morgan fingerprint density at radius 1 is 1.27 bits per heavy atom. The number of carbonyl (C=O) groups is 2. The van der Waals surface area contributed by atoms with E-state index < -0.39 is 19.2 Å². The summed E-state index contributed by atoms with van der Waals surface area (Å²) in [6, 6.07) is 5.84. The molecule has 184 valence electrons. The molecule has 0 spiro atoms. The molecule has 1 aromatic rings. The minimum Gasteiger partial charge on any atom is -0.459 e. The van der Waals surface area contributed by atoms with Crippen LogP contribution in [0.2, 0.25) is 18.1 Å². The summed E-state index contributed by atoms with van der Waals surface area (Å²) in [4.78, 5) is 37.3. The quantitative estimate of drug-likeness (QED) is 0.140. The summed E-state index contributed by atoms with van der Waals surface area (Å²) in [6.07, 6.45) is 0.748. The van der Waals surface area contributed by atoms with E-state index in [1.807, 2.05) is 6.92 Å². The maximum atomic E-state index is 13.0. The standard InChI is InChI=1S/C23H36N2O6SSi/c1-8-13-32-22-20(16(2)31-33(6,7)23(3,4)5)21(27)24(22)14-19(26)30-15-17-9-11-18(12-10-17)25(28)29/h9-12,16,20,22H,8,13-15H2,1-7H3/t16-,20?,22?/m1/s1. The van der Waals surface area contributed by atoms with E-state index in [2.05, 4.69) is 40.8 Å². The predicted molar refractivity (Wildman–Crippen MR) is 132 cm³/mol. The molecule has 0 saturated carbocycles. The number of ether oxygens (including phenoxy) is 1. The third-order valence-electron chi connectivity index (χ3n) is 6.31. The van der Waals surface area contributed by atoms with Crippen LogP contribution < -0.4 is 0 Å². The number of likely N-dealkylation sites (tertiary alicyclic amines) is 1.